The monoisotopic (exact) mass is 283 g/mol. The van der Waals surface area contributed by atoms with Crippen LogP contribution in [0.5, 0.6) is 0 Å². The van der Waals surface area contributed by atoms with Gasteiger partial charge in [-0.1, -0.05) is 24.6 Å². The van der Waals surface area contributed by atoms with Crippen LogP contribution in [0.25, 0.3) is 21.6 Å². The van der Waals surface area contributed by atoms with Crippen molar-refractivity contribution >= 4 is 28.1 Å². The van der Waals surface area contributed by atoms with Crippen LogP contribution < -0.4 is 5.32 Å². The molecule has 20 heavy (non-hydrogen) atoms. The van der Waals surface area contributed by atoms with Crippen LogP contribution in [0.2, 0.25) is 0 Å². The maximum absolute atomic E-state index is 4.71. The minimum Gasteiger partial charge on any atom is -0.369 e. The molecule has 3 rings (SSSR count). The van der Waals surface area contributed by atoms with Gasteiger partial charge in [0.1, 0.15) is 5.82 Å². The molecule has 2 heterocycles. The van der Waals surface area contributed by atoms with Crippen LogP contribution >= 0.6 is 11.3 Å². The van der Waals surface area contributed by atoms with E-state index in [4.69, 9.17) is 4.98 Å². The predicted molar refractivity (Wildman–Crippen MR) is 86.4 cm³/mol. The third-order valence-electron chi connectivity index (χ3n) is 3.14. The average molecular weight is 283 g/mol. The molecule has 0 atom stereocenters. The van der Waals surface area contributed by atoms with Gasteiger partial charge in [0.15, 0.2) is 5.82 Å². The molecule has 4 heteroatoms. The Hall–Kier alpha value is -1.94. The van der Waals surface area contributed by atoms with E-state index < -0.39 is 0 Å². The van der Waals surface area contributed by atoms with Gasteiger partial charge in [0.2, 0.25) is 0 Å². The van der Waals surface area contributed by atoms with Crippen LogP contribution in [0.3, 0.4) is 0 Å². The molecule has 0 aliphatic heterocycles. The summed E-state index contributed by atoms with van der Waals surface area (Å²) < 4.78 is 0. The molecular formula is C16H17N3S. The fraction of sp³-hybridized carbons (Fsp3) is 0.250. The van der Waals surface area contributed by atoms with Crippen LogP contribution in [0.4, 0.5) is 5.82 Å². The van der Waals surface area contributed by atoms with Crippen molar-refractivity contribution in [2.45, 2.75) is 20.3 Å². The normalized spacial score (nSPS) is 10.9. The van der Waals surface area contributed by atoms with E-state index in [0.717, 1.165) is 40.4 Å². The summed E-state index contributed by atoms with van der Waals surface area (Å²) in [5.41, 5.74) is 2.22. The third kappa shape index (κ3) is 2.51. The summed E-state index contributed by atoms with van der Waals surface area (Å²) in [4.78, 5) is 10.5. The molecule has 1 N–H and O–H groups in total. The summed E-state index contributed by atoms with van der Waals surface area (Å²) in [6.07, 6.45) is 1.08. The lowest BCUT2D eigenvalue weighted by Gasteiger charge is -2.10. The van der Waals surface area contributed by atoms with Gasteiger partial charge < -0.3 is 5.32 Å². The van der Waals surface area contributed by atoms with Gasteiger partial charge in [-0.25, -0.2) is 9.97 Å². The van der Waals surface area contributed by atoms with Crippen molar-refractivity contribution in [3.8, 4) is 10.7 Å². The van der Waals surface area contributed by atoms with Crippen LogP contribution in [0, 0.1) is 6.92 Å². The number of thiophene rings is 1. The zero-order valence-corrected chi connectivity index (χ0v) is 12.5. The highest BCUT2D eigenvalue weighted by Gasteiger charge is 2.09. The summed E-state index contributed by atoms with van der Waals surface area (Å²) in [5, 5.41) is 6.57. The Morgan fingerprint density at radius 1 is 1.20 bits per heavy atom. The fourth-order valence-electron chi connectivity index (χ4n) is 2.14. The van der Waals surface area contributed by atoms with E-state index in [1.54, 1.807) is 11.3 Å². The molecule has 0 spiro atoms. The molecule has 3 nitrogen and oxygen atoms in total. The SMILES string of the molecule is CCCNc1nc(-c2cccs2)nc2ccc(C)cc12. The Morgan fingerprint density at radius 3 is 2.85 bits per heavy atom. The number of nitrogens with one attached hydrogen (secondary N) is 1. The Kier molecular flexibility index (Phi) is 3.65. The number of anilines is 1. The molecular weight excluding hydrogens is 266 g/mol. The predicted octanol–water partition coefficient (Wildman–Crippen LogP) is 4.49. The molecule has 0 unspecified atom stereocenters. The number of rotatable bonds is 4. The van der Waals surface area contributed by atoms with Crippen LogP contribution in [-0.4, -0.2) is 16.5 Å². The topological polar surface area (TPSA) is 37.8 Å². The highest BCUT2D eigenvalue weighted by molar-refractivity contribution is 7.13. The van der Waals surface area contributed by atoms with Crippen molar-refractivity contribution in [1.29, 1.82) is 0 Å². The van der Waals surface area contributed by atoms with Gasteiger partial charge in [-0.2, -0.15) is 0 Å². The van der Waals surface area contributed by atoms with Gasteiger partial charge in [0.05, 0.1) is 10.4 Å². The van der Waals surface area contributed by atoms with E-state index in [1.165, 1.54) is 5.56 Å². The highest BCUT2D eigenvalue weighted by Crippen LogP contribution is 2.28. The number of fused-ring (bicyclic) bond motifs is 1. The standard InChI is InChI=1S/C16H17N3S/c1-3-8-17-15-12-10-11(2)6-7-13(12)18-16(19-15)14-5-4-9-20-14/h4-7,9-10H,3,8H2,1-2H3,(H,17,18,19). The molecule has 0 saturated carbocycles. The van der Waals surface area contributed by atoms with Gasteiger partial charge in [-0.3, -0.25) is 0 Å². The maximum Gasteiger partial charge on any atom is 0.172 e. The first-order chi connectivity index (χ1) is 9.78. The summed E-state index contributed by atoms with van der Waals surface area (Å²) in [5.74, 6) is 1.74. The minimum atomic E-state index is 0.801. The molecule has 0 bridgehead atoms. The minimum absolute atomic E-state index is 0.801. The van der Waals surface area contributed by atoms with Crippen molar-refractivity contribution in [3.05, 3.63) is 41.3 Å². The van der Waals surface area contributed by atoms with Crippen LogP contribution in [0.15, 0.2) is 35.7 Å². The number of hydrogen-bond acceptors (Lipinski definition) is 4. The van der Waals surface area contributed by atoms with Crippen molar-refractivity contribution in [2.24, 2.45) is 0 Å². The second-order valence-electron chi connectivity index (χ2n) is 4.82. The molecule has 2 aromatic heterocycles. The largest absolute Gasteiger partial charge is 0.369 e. The van der Waals surface area contributed by atoms with E-state index in [1.807, 2.05) is 6.07 Å². The van der Waals surface area contributed by atoms with E-state index in [9.17, 15) is 0 Å². The first kappa shape index (κ1) is 13.1. The smallest absolute Gasteiger partial charge is 0.172 e. The number of hydrogen-bond donors (Lipinski definition) is 1. The summed E-state index contributed by atoms with van der Waals surface area (Å²) in [7, 11) is 0. The van der Waals surface area contributed by atoms with Gasteiger partial charge in [0, 0.05) is 11.9 Å². The van der Waals surface area contributed by atoms with Crippen molar-refractivity contribution in [3.63, 3.8) is 0 Å². The van der Waals surface area contributed by atoms with Gasteiger partial charge >= 0.3 is 0 Å². The zero-order valence-electron chi connectivity index (χ0n) is 11.7. The van der Waals surface area contributed by atoms with E-state index in [2.05, 4.69) is 53.8 Å². The molecule has 3 aromatic rings. The first-order valence-corrected chi connectivity index (χ1v) is 7.72. The second kappa shape index (κ2) is 5.59. The maximum atomic E-state index is 4.71. The Bertz CT molecular complexity index is 720. The van der Waals surface area contributed by atoms with Crippen molar-refractivity contribution in [2.75, 3.05) is 11.9 Å². The van der Waals surface area contributed by atoms with Crippen LogP contribution in [0.1, 0.15) is 18.9 Å². The lowest BCUT2D eigenvalue weighted by Crippen LogP contribution is -2.04. The molecule has 0 amide bonds. The summed E-state index contributed by atoms with van der Waals surface area (Å²) in [6.45, 7) is 5.17. The molecule has 0 aliphatic rings. The lowest BCUT2D eigenvalue weighted by atomic mass is 10.1. The van der Waals surface area contributed by atoms with Gasteiger partial charge in [0.25, 0.3) is 0 Å². The number of aromatic nitrogens is 2. The Balaban J connectivity index is 2.17. The van der Waals surface area contributed by atoms with Gasteiger partial charge in [-0.05, 0) is 36.9 Å². The van der Waals surface area contributed by atoms with Crippen molar-refractivity contribution in [1.82, 2.24) is 9.97 Å². The number of aryl methyl sites for hydroxylation is 1. The van der Waals surface area contributed by atoms with E-state index in [0.29, 0.717) is 0 Å². The van der Waals surface area contributed by atoms with E-state index in [-0.39, 0.29) is 0 Å². The van der Waals surface area contributed by atoms with Gasteiger partial charge in [-0.15, -0.1) is 11.3 Å². The number of nitrogens with zero attached hydrogens (tertiary/aromatic N) is 2. The second-order valence-corrected chi connectivity index (χ2v) is 5.77. The fourth-order valence-corrected chi connectivity index (χ4v) is 2.79. The zero-order chi connectivity index (χ0) is 13.9. The lowest BCUT2D eigenvalue weighted by molar-refractivity contribution is 0.970. The Labute approximate surface area is 122 Å². The molecule has 0 radical (unpaired) electrons. The van der Waals surface area contributed by atoms with Crippen molar-refractivity contribution < 1.29 is 0 Å². The summed E-state index contributed by atoms with van der Waals surface area (Å²) >= 11 is 1.67. The molecule has 0 fully saturated rings. The molecule has 0 aliphatic carbocycles. The molecule has 1 aromatic carbocycles. The molecule has 0 saturated heterocycles. The quantitative estimate of drug-likeness (QED) is 0.766. The van der Waals surface area contributed by atoms with Crippen LogP contribution in [-0.2, 0) is 0 Å². The Morgan fingerprint density at radius 2 is 2.10 bits per heavy atom. The highest BCUT2D eigenvalue weighted by atomic mass is 32.1. The summed E-state index contributed by atoms with van der Waals surface area (Å²) in [6, 6.07) is 10.4. The average Bonchev–Trinajstić information content (AvgIpc) is 2.99. The number of benzene rings is 1. The van der Waals surface area contributed by atoms with E-state index >= 15 is 0 Å². The first-order valence-electron chi connectivity index (χ1n) is 6.84. The third-order valence-corrected chi connectivity index (χ3v) is 4.00. The molecule has 102 valence electrons.